The van der Waals surface area contributed by atoms with Gasteiger partial charge in [-0.15, -0.1) is 0 Å². The summed E-state index contributed by atoms with van der Waals surface area (Å²) in [5, 5.41) is 3.56. The van der Waals surface area contributed by atoms with Crippen LogP contribution in [0.15, 0.2) is 66.7 Å². The Hall–Kier alpha value is -3.18. The lowest BCUT2D eigenvalue weighted by Crippen LogP contribution is -2.18. The third-order valence-corrected chi connectivity index (χ3v) is 5.39. The van der Waals surface area contributed by atoms with Crippen molar-refractivity contribution in [2.45, 2.75) is 18.9 Å². The summed E-state index contributed by atoms with van der Waals surface area (Å²) in [6.07, 6.45) is 0.969. The Bertz CT molecular complexity index is 974. The van der Waals surface area contributed by atoms with Crippen molar-refractivity contribution in [2.24, 2.45) is 0 Å². The van der Waals surface area contributed by atoms with Crippen LogP contribution in [0.2, 0.25) is 0 Å². The zero-order chi connectivity index (χ0) is 20.8. The first kappa shape index (κ1) is 20.1. The van der Waals surface area contributed by atoms with Gasteiger partial charge in [0.15, 0.2) is 23.0 Å². The molecule has 1 aliphatic rings. The Morgan fingerprint density at radius 1 is 0.833 bits per heavy atom. The molecular weight excluding hydrogens is 378 g/mol. The van der Waals surface area contributed by atoms with E-state index in [2.05, 4.69) is 53.8 Å². The molecule has 1 N–H and O–H groups in total. The standard InChI is InChI=1S/C25H27NO4/c1-27-22-10-8-18(14-24(22)28-2)16-26-13-12-21(19-6-4-3-5-7-19)20-9-11-23-25(15-20)30-17-29-23/h3-11,14-15,21,26H,12-13,16-17H2,1-2H3/t21-/m1/s1. The van der Waals surface area contributed by atoms with Gasteiger partial charge in [0.2, 0.25) is 6.79 Å². The van der Waals surface area contributed by atoms with Gasteiger partial charge in [-0.25, -0.2) is 0 Å². The van der Waals surface area contributed by atoms with E-state index >= 15 is 0 Å². The van der Waals surface area contributed by atoms with Crippen LogP contribution in [0.4, 0.5) is 0 Å². The van der Waals surface area contributed by atoms with Crippen molar-refractivity contribution < 1.29 is 18.9 Å². The second kappa shape index (κ2) is 9.55. The van der Waals surface area contributed by atoms with Gasteiger partial charge in [0.05, 0.1) is 14.2 Å². The average Bonchev–Trinajstić information content (AvgIpc) is 3.27. The molecule has 0 aromatic heterocycles. The molecule has 0 unspecified atom stereocenters. The Labute approximate surface area is 177 Å². The first-order valence-electron chi connectivity index (χ1n) is 10.1. The van der Waals surface area contributed by atoms with Gasteiger partial charge in [-0.05, 0) is 53.9 Å². The molecule has 1 heterocycles. The summed E-state index contributed by atoms with van der Waals surface area (Å²) in [4.78, 5) is 0. The molecule has 0 fully saturated rings. The largest absolute Gasteiger partial charge is 0.493 e. The predicted octanol–water partition coefficient (Wildman–Crippen LogP) is 4.74. The molecule has 0 saturated carbocycles. The molecule has 1 aliphatic heterocycles. The zero-order valence-corrected chi connectivity index (χ0v) is 17.4. The third-order valence-electron chi connectivity index (χ3n) is 5.39. The fourth-order valence-corrected chi connectivity index (χ4v) is 3.81. The molecule has 0 aliphatic carbocycles. The Kier molecular flexibility index (Phi) is 6.40. The first-order valence-corrected chi connectivity index (χ1v) is 10.1. The number of rotatable bonds is 9. The van der Waals surface area contributed by atoms with Crippen molar-refractivity contribution in [3.8, 4) is 23.0 Å². The van der Waals surface area contributed by atoms with E-state index in [4.69, 9.17) is 18.9 Å². The van der Waals surface area contributed by atoms with E-state index in [9.17, 15) is 0 Å². The lowest BCUT2D eigenvalue weighted by atomic mass is 9.88. The minimum atomic E-state index is 0.276. The number of fused-ring (bicyclic) bond motifs is 1. The minimum absolute atomic E-state index is 0.276. The van der Waals surface area contributed by atoms with Crippen LogP contribution in [0.5, 0.6) is 23.0 Å². The molecular formula is C25H27NO4. The van der Waals surface area contributed by atoms with Crippen LogP contribution in [0.25, 0.3) is 0 Å². The van der Waals surface area contributed by atoms with E-state index in [0.717, 1.165) is 48.1 Å². The quantitative estimate of drug-likeness (QED) is 0.521. The van der Waals surface area contributed by atoms with Crippen molar-refractivity contribution in [2.75, 3.05) is 27.6 Å². The SMILES string of the molecule is COc1ccc(CNCC[C@H](c2ccccc2)c2ccc3c(c2)OCO3)cc1OC. The lowest BCUT2D eigenvalue weighted by Gasteiger charge is -2.19. The lowest BCUT2D eigenvalue weighted by molar-refractivity contribution is 0.174. The van der Waals surface area contributed by atoms with Gasteiger partial charge in [-0.1, -0.05) is 42.5 Å². The number of nitrogens with one attached hydrogen (secondary N) is 1. The maximum atomic E-state index is 5.59. The zero-order valence-electron chi connectivity index (χ0n) is 17.4. The number of hydrogen-bond donors (Lipinski definition) is 1. The average molecular weight is 405 g/mol. The van der Waals surface area contributed by atoms with E-state index in [1.54, 1.807) is 14.2 Å². The summed E-state index contributed by atoms with van der Waals surface area (Å²) in [7, 11) is 3.31. The monoisotopic (exact) mass is 405 g/mol. The predicted molar refractivity (Wildman–Crippen MR) is 117 cm³/mol. The van der Waals surface area contributed by atoms with Crippen LogP contribution in [0, 0.1) is 0 Å². The number of benzene rings is 3. The highest BCUT2D eigenvalue weighted by Gasteiger charge is 2.19. The Balaban J connectivity index is 1.43. The highest BCUT2D eigenvalue weighted by molar-refractivity contribution is 5.47. The van der Waals surface area contributed by atoms with E-state index in [0.29, 0.717) is 6.79 Å². The van der Waals surface area contributed by atoms with Gasteiger partial charge in [-0.2, -0.15) is 0 Å². The molecule has 156 valence electrons. The molecule has 5 heteroatoms. The molecule has 0 bridgehead atoms. The summed E-state index contributed by atoms with van der Waals surface area (Å²) in [5.41, 5.74) is 3.69. The van der Waals surface area contributed by atoms with Crippen molar-refractivity contribution in [1.29, 1.82) is 0 Å². The van der Waals surface area contributed by atoms with Crippen molar-refractivity contribution in [1.82, 2.24) is 5.32 Å². The van der Waals surface area contributed by atoms with Gasteiger partial charge in [0, 0.05) is 12.5 Å². The fourth-order valence-electron chi connectivity index (χ4n) is 3.81. The molecule has 0 spiro atoms. The third kappa shape index (κ3) is 4.52. The Morgan fingerprint density at radius 2 is 1.63 bits per heavy atom. The first-order chi connectivity index (χ1) is 14.8. The summed E-state index contributed by atoms with van der Waals surface area (Å²) in [6, 6.07) is 22.9. The van der Waals surface area contributed by atoms with E-state index < -0.39 is 0 Å². The topological polar surface area (TPSA) is 49.0 Å². The number of ether oxygens (including phenoxy) is 4. The smallest absolute Gasteiger partial charge is 0.231 e. The molecule has 1 atom stereocenters. The second-order valence-corrected chi connectivity index (χ2v) is 7.23. The molecule has 3 aromatic rings. The number of hydrogen-bond acceptors (Lipinski definition) is 5. The van der Waals surface area contributed by atoms with Gasteiger partial charge in [0.1, 0.15) is 0 Å². The molecule has 4 rings (SSSR count). The van der Waals surface area contributed by atoms with Gasteiger partial charge < -0.3 is 24.3 Å². The van der Waals surface area contributed by atoms with Crippen molar-refractivity contribution in [3.63, 3.8) is 0 Å². The van der Waals surface area contributed by atoms with Crippen LogP contribution in [-0.4, -0.2) is 27.6 Å². The van der Waals surface area contributed by atoms with E-state index in [1.165, 1.54) is 11.1 Å². The Morgan fingerprint density at radius 3 is 2.43 bits per heavy atom. The number of methoxy groups -OCH3 is 2. The molecule has 5 nitrogen and oxygen atoms in total. The van der Waals surface area contributed by atoms with Crippen molar-refractivity contribution in [3.05, 3.63) is 83.4 Å². The van der Waals surface area contributed by atoms with Gasteiger partial charge in [0.25, 0.3) is 0 Å². The maximum absolute atomic E-state index is 5.59. The second-order valence-electron chi connectivity index (χ2n) is 7.23. The molecule has 0 saturated heterocycles. The summed E-state index contributed by atoms with van der Waals surface area (Å²) in [6.45, 7) is 1.94. The molecule has 3 aromatic carbocycles. The van der Waals surface area contributed by atoms with Crippen LogP contribution < -0.4 is 24.3 Å². The highest BCUT2D eigenvalue weighted by atomic mass is 16.7. The van der Waals surface area contributed by atoms with E-state index in [1.807, 2.05) is 18.2 Å². The molecule has 0 radical (unpaired) electrons. The van der Waals surface area contributed by atoms with Crippen LogP contribution in [0.1, 0.15) is 29.0 Å². The van der Waals surface area contributed by atoms with Crippen LogP contribution in [0.3, 0.4) is 0 Å². The van der Waals surface area contributed by atoms with Gasteiger partial charge in [-0.3, -0.25) is 0 Å². The fraction of sp³-hybridized carbons (Fsp3) is 0.280. The van der Waals surface area contributed by atoms with Crippen LogP contribution in [-0.2, 0) is 6.54 Å². The maximum Gasteiger partial charge on any atom is 0.231 e. The summed E-state index contributed by atoms with van der Waals surface area (Å²) in [5.74, 6) is 3.41. The molecule has 0 amide bonds. The highest BCUT2D eigenvalue weighted by Crippen LogP contribution is 2.37. The minimum Gasteiger partial charge on any atom is -0.493 e. The van der Waals surface area contributed by atoms with Crippen molar-refractivity contribution >= 4 is 0 Å². The summed E-state index contributed by atoms with van der Waals surface area (Å²) >= 11 is 0. The summed E-state index contributed by atoms with van der Waals surface area (Å²) < 4.78 is 21.8. The normalized spacial score (nSPS) is 13.1. The van der Waals surface area contributed by atoms with E-state index in [-0.39, 0.29) is 5.92 Å². The van der Waals surface area contributed by atoms with Gasteiger partial charge >= 0.3 is 0 Å². The van der Waals surface area contributed by atoms with Crippen LogP contribution >= 0.6 is 0 Å². The molecule has 30 heavy (non-hydrogen) atoms.